The van der Waals surface area contributed by atoms with Crippen LogP contribution in [0, 0.1) is 0 Å². The molecule has 29 heavy (non-hydrogen) atoms. The van der Waals surface area contributed by atoms with Gasteiger partial charge in [-0.3, -0.25) is 4.98 Å². The van der Waals surface area contributed by atoms with E-state index in [0.29, 0.717) is 17.0 Å². The van der Waals surface area contributed by atoms with Gasteiger partial charge in [0.05, 0.1) is 12.1 Å². The number of aliphatic hydroxyl groups is 4. The SMILES string of the molecule is OCC1OC(c2ccc(Cl)c(Cc3ccc4ncccc4c3)c2)C(O)C(O)C1O. The van der Waals surface area contributed by atoms with Gasteiger partial charge in [0.1, 0.15) is 30.5 Å². The average molecular weight is 416 g/mol. The molecule has 4 rings (SSSR count). The number of hydrogen-bond acceptors (Lipinski definition) is 6. The molecule has 152 valence electrons. The molecule has 1 aliphatic heterocycles. The van der Waals surface area contributed by atoms with Crippen molar-refractivity contribution in [3.63, 3.8) is 0 Å². The Bertz CT molecular complexity index is 1010. The molecular weight excluding hydrogens is 394 g/mol. The number of hydrogen-bond donors (Lipinski definition) is 4. The molecule has 0 spiro atoms. The Labute approximate surface area is 173 Å². The lowest BCUT2D eigenvalue weighted by Crippen LogP contribution is -2.55. The normalized spacial score (nSPS) is 27.3. The topological polar surface area (TPSA) is 103 Å². The molecule has 5 atom stereocenters. The first kappa shape index (κ1) is 20.2. The zero-order valence-corrected chi connectivity index (χ0v) is 16.3. The van der Waals surface area contributed by atoms with Crippen LogP contribution in [0.1, 0.15) is 22.8 Å². The molecule has 4 N–H and O–H groups in total. The zero-order valence-electron chi connectivity index (χ0n) is 15.5. The van der Waals surface area contributed by atoms with Crippen molar-refractivity contribution in [2.75, 3.05) is 6.61 Å². The molecular formula is C22H22ClNO5. The molecule has 6 nitrogen and oxygen atoms in total. The smallest absolute Gasteiger partial charge is 0.113 e. The Hall–Kier alpha value is -2.06. The highest BCUT2D eigenvalue weighted by Gasteiger charge is 2.43. The number of aromatic nitrogens is 1. The van der Waals surface area contributed by atoms with Crippen molar-refractivity contribution < 1.29 is 25.2 Å². The molecule has 0 bridgehead atoms. The van der Waals surface area contributed by atoms with E-state index in [1.165, 1.54) is 0 Å². The van der Waals surface area contributed by atoms with Gasteiger partial charge in [0, 0.05) is 16.6 Å². The van der Waals surface area contributed by atoms with Gasteiger partial charge in [0.25, 0.3) is 0 Å². The quantitative estimate of drug-likeness (QED) is 0.519. The summed E-state index contributed by atoms with van der Waals surface area (Å²) in [5.41, 5.74) is 3.42. The Balaban J connectivity index is 1.63. The molecule has 1 fully saturated rings. The maximum atomic E-state index is 10.4. The monoisotopic (exact) mass is 415 g/mol. The van der Waals surface area contributed by atoms with Gasteiger partial charge in [0.2, 0.25) is 0 Å². The molecule has 2 aromatic carbocycles. The van der Waals surface area contributed by atoms with Crippen LogP contribution in [0.5, 0.6) is 0 Å². The summed E-state index contributed by atoms with van der Waals surface area (Å²) in [6, 6.07) is 15.1. The van der Waals surface area contributed by atoms with Gasteiger partial charge in [-0.25, -0.2) is 0 Å². The summed E-state index contributed by atoms with van der Waals surface area (Å²) in [6.45, 7) is -0.465. The van der Waals surface area contributed by atoms with Crippen LogP contribution < -0.4 is 0 Å². The summed E-state index contributed by atoms with van der Waals surface area (Å²) < 4.78 is 5.66. The summed E-state index contributed by atoms with van der Waals surface area (Å²) in [4.78, 5) is 4.32. The predicted molar refractivity (Wildman–Crippen MR) is 109 cm³/mol. The lowest BCUT2D eigenvalue weighted by molar-refractivity contribution is -0.231. The molecule has 7 heteroatoms. The summed E-state index contributed by atoms with van der Waals surface area (Å²) >= 11 is 6.40. The van der Waals surface area contributed by atoms with Gasteiger partial charge in [-0.2, -0.15) is 0 Å². The number of nitrogens with zero attached hydrogens (tertiary/aromatic N) is 1. The van der Waals surface area contributed by atoms with Crippen LogP contribution in [0.15, 0.2) is 54.7 Å². The van der Waals surface area contributed by atoms with E-state index in [1.807, 2.05) is 30.3 Å². The summed E-state index contributed by atoms with van der Waals surface area (Å²) in [7, 11) is 0. The third-order valence-electron chi connectivity index (χ3n) is 5.35. The number of pyridine rings is 1. The summed E-state index contributed by atoms with van der Waals surface area (Å²) in [6.07, 6.45) is -3.65. The predicted octanol–water partition coefficient (Wildman–Crippen LogP) is 1.99. The van der Waals surface area contributed by atoms with Crippen molar-refractivity contribution in [2.45, 2.75) is 36.9 Å². The number of rotatable bonds is 4. The van der Waals surface area contributed by atoms with Crippen molar-refractivity contribution in [3.8, 4) is 0 Å². The van der Waals surface area contributed by atoms with Crippen LogP contribution in [0.25, 0.3) is 10.9 Å². The highest BCUT2D eigenvalue weighted by Crippen LogP contribution is 2.34. The third-order valence-corrected chi connectivity index (χ3v) is 5.72. The molecule has 0 radical (unpaired) electrons. The number of benzene rings is 2. The first-order valence-corrected chi connectivity index (χ1v) is 9.78. The summed E-state index contributed by atoms with van der Waals surface area (Å²) in [5, 5.41) is 41.4. The van der Waals surface area contributed by atoms with E-state index in [4.69, 9.17) is 16.3 Å². The molecule has 1 saturated heterocycles. The van der Waals surface area contributed by atoms with Crippen LogP contribution in [-0.4, -0.2) is 56.4 Å². The van der Waals surface area contributed by atoms with Crippen molar-refractivity contribution >= 4 is 22.5 Å². The van der Waals surface area contributed by atoms with Gasteiger partial charge in [-0.05, 0) is 47.4 Å². The minimum absolute atomic E-state index is 0.465. The minimum Gasteiger partial charge on any atom is -0.394 e. The van der Waals surface area contributed by atoms with Crippen LogP contribution in [0.4, 0.5) is 0 Å². The number of fused-ring (bicyclic) bond motifs is 1. The second-order valence-corrected chi connectivity index (χ2v) is 7.71. The Morgan fingerprint density at radius 3 is 2.59 bits per heavy atom. The van der Waals surface area contributed by atoms with Crippen LogP contribution in [0.3, 0.4) is 0 Å². The fourth-order valence-corrected chi connectivity index (χ4v) is 3.92. The summed E-state index contributed by atoms with van der Waals surface area (Å²) in [5.74, 6) is 0. The van der Waals surface area contributed by atoms with Crippen LogP contribution >= 0.6 is 11.6 Å². The van der Waals surface area contributed by atoms with E-state index in [9.17, 15) is 20.4 Å². The minimum atomic E-state index is -1.42. The standard InChI is InChI=1S/C22H22ClNO5/c23-16-5-4-14(22-21(28)20(27)19(26)18(11-25)29-22)10-15(16)9-12-3-6-17-13(8-12)2-1-7-24-17/h1-8,10,18-22,25-28H,9,11H2. The van der Waals surface area contributed by atoms with Crippen molar-refractivity contribution in [1.29, 1.82) is 0 Å². The molecule has 0 saturated carbocycles. The highest BCUT2D eigenvalue weighted by atomic mass is 35.5. The van der Waals surface area contributed by atoms with E-state index < -0.39 is 37.1 Å². The molecule has 2 heterocycles. The second kappa shape index (κ2) is 8.36. The van der Waals surface area contributed by atoms with Gasteiger partial charge >= 0.3 is 0 Å². The first-order valence-electron chi connectivity index (χ1n) is 9.40. The van der Waals surface area contributed by atoms with E-state index in [0.717, 1.165) is 22.0 Å². The lowest BCUT2D eigenvalue weighted by Gasteiger charge is -2.40. The third kappa shape index (κ3) is 4.00. The fraction of sp³-hybridized carbons (Fsp3) is 0.318. The fourth-order valence-electron chi connectivity index (χ4n) is 3.74. The van der Waals surface area contributed by atoms with Crippen LogP contribution in [-0.2, 0) is 11.2 Å². The Kier molecular flexibility index (Phi) is 5.83. The first-order chi connectivity index (χ1) is 14.0. The van der Waals surface area contributed by atoms with Gasteiger partial charge in [-0.15, -0.1) is 0 Å². The van der Waals surface area contributed by atoms with Gasteiger partial charge in [-0.1, -0.05) is 35.9 Å². The average Bonchev–Trinajstić information content (AvgIpc) is 2.74. The zero-order chi connectivity index (χ0) is 20.5. The van der Waals surface area contributed by atoms with Crippen molar-refractivity contribution in [1.82, 2.24) is 4.98 Å². The molecule has 3 aromatic rings. The maximum absolute atomic E-state index is 10.4. The Morgan fingerprint density at radius 2 is 1.79 bits per heavy atom. The van der Waals surface area contributed by atoms with Crippen molar-refractivity contribution in [3.05, 3.63) is 76.4 Å². The lowest BCUT2D eigenvalue weighted by atomic mass is 9.90. The van der Waals surface area contributed by atoms with E-state index in [-0.39, 0.29) is 0 Å². The Morgan fingerprint density at radius 1 is 0.966 bits per heavy atom. The van der Waals surface area contributed by atoms with Crippen LogP contribution in [0.2, 0.25) is 5.02 Å². The largest absolute Gasteiger partial charge is 0.394 e. The number of aliphatic hydroxyl groups excluding tert-OH is 4. The van der Waals surface area contributed by atoms with Gasteiger partial charge in [0.15, 0.2) is 0 Å². The maximum Gasteiger partial charge on any atom is 0.113 e. The molecule has 5 unspecified atom stereocenters. The molecule has 0 amide bonds. The molecule has 0 aliphatic carbocycles. The van der Waals surface area contributed by atoms with Gasteiger partial charge < -0.3 is 25.2 Å². The van der Waals surface area contributed by atoms with E-state index >= 15 is 0 Å². The van der Waals surface area contributed by atoms with E-state index in [1.54, 1.807) is 18.3 Å². The molecule has 1 aromatic heterocycles. The second-order valence-electron chi connectivity index (χ2n) is 7.31. The number of ether oxygens (including phenoxy) is 1. The number of halogens is 1. The highest BCUT2D eigenvalue weighted by molar-refractivity contribution is 6.31. The molecule has 1 aliphatic rings. The van der Waals surface area contributed by atoms with E-state index in [2.05, 4.69) is 11.1 Å². The van der Waals surface area contributed by atoms with Crippen molar-refractivity contribution in [2.24, 2.45) is 0 Å².